The van der Waals surface area contributed by atoms with Crippen LogP contribution < -0.4 is 10.6 Å². The molecular formula is C20H23FN2O2. The van der Waals surface area contributed by atoms with Crippen LogP contribution >= 0.6 is 0 Å². The molecule has 0 fully saturated rings. The molecule has 132 valence electrons. The van der Waals surface area contributed by atoms with Gasteiger partial charge in [0.1, 0.15) is 11.2 Å². The molecule has 0 aliphatic heterocycles. The first-order chi connectivity index (χ1) is 11.7. The minimum atomic E-state index is -1.29. The molecule has 2 N–H and O–H groups in total. The molecular weight excluding hydrogens is 319 g/mol. The summed E-state index contributed by atoms with van der Waals surface area (Å²) in [7, 11) is 0. The molecule has 0 unspecified atom stereocenters. The van der Waals surface area contributed by atoms with Gasteiger partial charge in [0.05, 0.1) is 0 Å². The molecule has 2 aromatic carbocycles. The van der Waals surface area contributed by atoms with Gasteiger partial charge in [-0.3, -0.25) is 9.59 Å². The Labute approximate surface area is 147 Å². The predicted molar refractivity (Wildman–Crippen MR) is 98.0 cm³/mol. The third kappa shape index (κ3) is 4.66. The van der Waals surface area contributed by atoms with Gasteiger partial charge >= 0.3 is 0 Å². The van der Waals surface area contributed by atoms with Gasteiger partial charge in [0, 0.05) is 11.4 Å². The monoisotopic (exact) mass is 342 g/mol. The van der Waals surface area contributed by atoms with Crippen molar-refractivity contribution in [2.45, 2.75) is 33.6 Å². The Bertz CT molecular complexity index is 750. The second-order valence-electron chi connectivity index (χ2n) is 6.82. The lowest BCUT2D eigenvalue weighted by Gasteiger charge is -2.23. The SMILES string of the molecule is CC(C)c1ccc(NC(=O)C(C)(C)C(=O)Nc2ccc(F)cc2)cc1. The molecule has 0 aliphatic carbocycles. The fraction of sp³-hybridized carbons (Fsp3) is 0.300. The lowest BCUT2D eigenvalue weighted by Crippen LogP contribution is -2.41. The largest absolute Gasteiger partial charge is 0.325 e. The van der Waals surface area contributed by atoms with E-state index in [1.165, 1.54) is 29.8 Å². The number of benzene rings is 2. The number of amides is 2. The molecule has 2 aromatic rings. The number of hydrogen-bond donors (Lipinski definition) is 2. The Balaban J connectivity index is 2.05. The van der Waals surface area contributed by atoms with Crippen LogP contribution in [0.25, 0.3) is 0 Å². The zero-order valence-corrected chi connectivity index (χ0v) is 14.9. The van der Waals surface area contributed by atoms with Crippen molar-refractivity contribution in [1.82, 2.24) is 0 Å². The lowest BCUT2D eigenvalue weighted by atomic mass is 9.90. The van der Waals surface area contributed by atoms with Gasteiger partial charge in [-0.1, -0.05) is 26.0 Å². The van der Waals surface area contributed by atoms with E-state index in [1.807, 2.05) is 24.3 Å². The van der Waals surface area contributed by atoms with E-state index in [-0.39, 0.29) is 5.82 Å². The third-order valence-corrected chi connectivity index (χ3v) is 4.07. The second kappa shape index (κ2) is 7.47. The highest BCUT2D eigenvalue weighted by molar-refractivity contribution is 6.13. The van der Waals surface area contributed by atoms with Crippen LogP contribution in [0.15, 0.2) is 48.5 Å². The van der Waals surface area contributed by atoms with Gasteiger partial charge in [-0.2, -0.15) is 0 Å². The molecule has 0 atom stereocenters. The van der Waals surface area contributed by atoms with Gasteiger partial charge in [0.2, 0.25) is 11.8 Å². The van der Waals surface area contributed by atoms with Crippen LogP contribution in [0, 0.1) is 11.2 Å². The number of carbonyl (C=O) groups is 2. The Kier molecular flexibility index (Phi) is 5.57. The highest BCUT2D eigenvalue weighted by Crippen LogP contribution is 2.23. The minimum Gasteiger partial charge on any atom is -0.325 e. The van der Waals surface area contributed by atoms with Gasteiger partial charge in [-0.25, -0.2) is 4.39 Å². The van der Waals surface area contributed by atoms with Crippen LogP contribution in [0.5, 0.6) is 0 Å². The van der Waals surface area contributed by atoms with E-state index in [2.05, 4.69) is 24.5 Å². The summed E-state index contributed by atoms with van der Waals surface area (Å²) in [4.78, 5) is 24.9. The Morgan fingerprint density at radius 3 is 1.64 bits per heavy atom. The maximum Gasteiger partial charge on any atom is 0.239 e. The zero-order chi connectivity index (χ0) is 18.6. The van der Waals surface area contributed by atoms with Crippen molar-refractivity contribution in [3.05, 3.63) is 59.9 Å². The summed E-state index contributed by atoms with van der Waals surface area (Å²) in [6.07, 6.45) is 0. The van der Waals surface area contributed by atoms with Crippen LogP contribution in [-0.2, 0) is 9.59 Å². The van der Waals surface area contributed by atoms with Crippen molar-refractivity contribution in [2.24, 2.45) is 5.41 Å². The smallest absolute Gasteiger partial charge is 0.239 e. The molecule has 0 aromatic heterocycles. The Morgan fingerprint density at radius 1 is 0.840 bits per heavy atom. The van der Waals surface area contributed by atoms with E-state index in [4.69, 9.17) is 0 Å². The summed E-state index contributed by atoms with van der Waals surface area (Å²) in [5, 5.41) is 5.40. The third-order valence-electron chi connectivity index (χ3n) is 4.07. The summed E-state index contributed by atoms with van der Waals surface area (Å²) in [5.74, 6) is -0.859. The van der Waals surface area contributed by atoms with Crippen LogP contribution in [0.1, 0.15) is 39.2 Å². The van der Waals surface area contributed by atoms with Crippen molar-refractivity contribution >= 4 is 23.2 Å². The van der Waals surface area contributed by atoms with Crippen LogP contribution in [0.3, 0.4) is 0 Å². The summed E-state index contributed by atoms with van der Waals surface area (Å²) < 4.78 is 12.9. The zero-order valence-electron chi connectivity index (χ0n) is 14.9. The Hall–Kier alpha value is -2.69. The highest BCUT2D eigenvalue weighted by atomic mass is 19.1. The molecule has 4 nitrogen and oxygen atoms in total. The quantitative estimate of drug-likeness (QED) is 0.783. The predicted octanol–water partition coefficient (Wildman–Crippen LogP) is 4.55. The van der Waals surface area contributed by atoms with Crippen LogP contribution in [-0.4, -0.2) is 11.8 Å². The fourth-order valence-electron chi connectivity index (χ4n) is 2.16. The molecule has 0 heterocycles. The van der Waals surface area contributed by atoms with E-state index in [0.717, 1.165) is 0 Å². The van der Waals surface area contributed by atoms with Gasteiger partial charge in [0.25, 0.3) is 0 Å². The lowest BCUT2D eigenvalue weighted by molar-refractivity contribution is -0.135. The average molecular weight is 342 g/mol. The van der Waals surface area contributed by atoms with Crippen molar-refractivity contribution in [1.29, 1.82) is 0 Å². The summed E-state index contributed by atoms with van der Waals surface area (Å²) in [6.45, 7) is 7.28. The van der Waals surface area contributed by atoms with E-state index >= 15 is 0 Å². The normalized spacial score (nSPS) is 11.3. The number of carbonyl (C=O) groups excluding carboxylic acids is 2. The molecule has 0 bridgehead atoms. The summed E-state index contributed by atoms with van der Waals surface area (Å²) in [5.41, 5.74) is 0.961. The first-order valence-corrected chi connectivity index (χ1v) is 8.18. The number of halogens is 1. The van der Waals surface area contributed by atoms with Gasteiger partial charge in [-0.15, -0.1) is 0 Å². The Morgan fingerprint density at radius 2 is 1.24 bits per heavy atom. The average Bonchev–Trinajstić information content (AvgIpc) is 2.57. The molecule has 2 rings (SSSR count). The first kappa shape index (κ1) is 18.6. The van der Waals surface area contributed by atoms with Gasteiger partial charge < -0.3 is 10.6 Å². The van der Waals surface area contributed by atoms with Crippen molar-refractivity contribution in [2.75, 3.05) is 10.6 Å². The molecule has 0 spiro atoms. The minimum absolute atomic E-state index is 0.389. The maximum absolute atomic E-state index is 12.9. The standard InChI is InChI=1S/C20H23FN2O2/c1-13(2)14-5-9-16(10-6-14)22-18(24)20(3,4)19(25)23-17-11-7-15(21)8-12-17/h5-13H,1-4H3,(H,22,24)(H,23,25). The molecule has 0 saturated carbocycles. The number of anilines is 2. The first-order valence-electron chi connectivity index (χ1n) is 8.18. The second-order valence-corrected chi connectivity index (χ2v) is 6.82. The molecule has 2 amide bonds. The molecule has 25 heavy (non-hydrogen) atoms. The molecule has 0 radical (unpaired) electrons. The number of hydrogen-bond acceptors (Lipinski definition) is 2. The van der Waals surface area contributed by atoms with Crippen molar-refractivity contribution < 1.29 is 14.0 Å². The molecule has 0 aliphatic rings. The number of nitrogens with one attached hydrogen (secondary N) is 2. The molecule has 0 saturated heterocycles. The van der Waals surface area contributed by atoms with Crippen molar-refractivity contribution in [3.63, 3.8) is 0 Å². The fourth-order valence-corrected chi connectivity index (χ4v) is 2.16. The maximum atomic E-state index is 12.9. The van der Waals surface area contributed by atoms with Crippen LogP contribution in [0.4, 0.5) is 15.8 Å². The van der Waals surface area contributed by atoms with E-state index in [1.54, 1.807) is 13.8 Å². The van der Waals surface area contributed by atoms with E-state index in [0.29, 0.717) is 17.3 Å². The van der Waals surface area contributed by atoms with E-state index in [9.17, 15) is 14.0 Å². The van der Waals surface area contributed by atoms with Gasteiger partial charge in [-0.05, 0) is 61.7 Å². The summed E-state index contributed by atoms with van der Waals surface area (Å²) >= 11 is 0. The van der Waals surface area contributed by atoms with E-state index < -0.39 is 17.2 Å². The number of rotatable bonds is 5. The summed E-state index contributed by atoms with van der Waals surface area (Å²) in [6, 6.07) is 12.9. The van der Waals surface area contributed by atoms with Crippen LogP contribution in [0.2, 0.25) is 0 Å². The topological polar surface area (TPSA) is 58.2 Å². The molecule has 5 heteroatoms. The van der Waals surface area contributed by atoms with Crippen molar-refractivity contribution in [3.8, 4) is 0 Å². The van der Waals surface area contributed by atoms with Gasteiger partial charge in [0.15, 0.2) is 0 Å². The highest BCUT2D eigenvalue weighted by Gasteiger charge is 2.36.